The molecule has 1 aromatic rings. The van der Waals surface area contributed by atoms with E-state index in [0.717, 1.165) is 0 Å². The molecule has 0 saturated heterocycles. The summed E-state index contributed by atoms with van der Waals surface area (Å²) < 4.78 is 25.1. The molecular formula is C7H6BrCl2NO2S. The van der Waals surface area contributed by atoms with Crippen LogP contribution in [-0.4, -0.2) is 13.6 Å². The van der Waals surface area contributed by atoms with E-state index >= 15 is 0 Å². The Kier molecular flexibility index (Phi) is 4.06. The van der Waals surface area contributed by atoms with Crippen molar-refractivity contribution in [3.8, 4) is 0 Å². The first-order valence-electron chi connectivity index (χ1n) is 3.46. The number of alkyl halides is 1. The van der Waals surface area contributed by atoms with Crippen LogP contribution in [0.4, 0.5) is 5.69 Å². The van der Waals surface area contributed by atoms with Crippen molar-refractivity contribution in [1.29, 1.82) is 0 Å². The molecule has 1 N–H and O–H groups in total. The Balaban J connectivity index is 3.03. The highest BCUT2D eigenvalue weighted by atomic mass is 79.9. The summed E-state index contributed by atoms with van der Waals surface area (Å²) in [4.78, 5) is 0. The lowest BCUT2D eigenvalue weighted by atomic mass is 10.3. The summed E-state index contributed by atoms with van der Waals surface area (Å²) >= 11 is 14.1. The lowest BCUT2D eigenvalue weighted by Gasteiger charge is -2.07. The summed E-state index contributed by atoms with van der Waals surface area (Å²) in [6, 6.07) is 4.79. The highest BCUT2D eigenvalue weighted by Gasteiger charge is 2.10. The Morgan fingerprint density at radius 3 is 2.64 bits per heavy atom. The third-order valence-corrected chi connectivity index (χ3v) is 3.94. The maximum atomic E-state index is 11.1. The largest absolute Gasteiger partial charge is 0.281 e. The van der Waals surface area contributed by atoms with Crippen LogP contribution in [0.1, 0.15) is 0 Å². The zero-order chi connectivity index (χ0) is 10.8. The molecule has 0 spiro atoms. The van der Waals surface area contributed by atoms with E-state index in [0.29, 0.717) is 15.2 Å². The first kappa shape index (κ1) is 12.1. The average Bonchev–Trinajstić information content (AvgIpc) is 2.11. The van der Waals surface area contributed by atoms with E-state index in [1.54, 1.807) is 12.1 Å². The smallest absolute Gasteiger partial charge is 0.246 e. The van der Waals surface area contributed by atoms with Crippen LogP contribution >= 0.6 is 39.1 Å². The molecule has 7 heteroatoms. The number of sulfonamides is 1. The molecule has 0 bridgehead atoms. The molecule has 3 nitrogen and oxygen atoms in total. The van der Waals surface area contributed by atoms with Gasteiger partial charge < -0.3 is 0 Å². The van der Waals surface area contributed by atoms with Crippen LogP contribution in [0.25, 0.3) is 0 Å². The van der Waals surface area contributed by atoms with E-state index in [4.69, 9.17) is 23.2 Å². The van der Waals surface area contributed by atoms with Gasteiger partial charge in [-0.05, 0) is 34.1 Å². The van der Waals surface area contributed by atoms with Crippen LogP contribution in [0.15, 0.2) is 22.7 Å². The summed E-state index contributed by atoms with van der Waals surface area (Å²) in [5.41, 5.74) is 0.373. The Labute approximate surface area is 101 Å². The maximum Gasteiger partial charge on any atom is 0.246 e. The molecule has 0 amide bonds. The first-order valence-corrected chi connectivity index (χ1v) is 6.82. The van der Waals surface area contributed by atoms with Crippen molar-refractivity contribution >= 4 is 54.8 Å². The van der Waals surface area contributed by atoms with Gasteiger partial charge in [0.1, 0.15) is 5.21 Å². The summed E-state index contributed by atoms with van der Waals surface area (Å²) in [5, 5.41) is -0.0492. The fraction of sp³-hybridized carbons (Fsp3) is 0.143. The molecule has 0 unspecified atom stereocenters. The standard InChI is InChI=1S/C7H6BrCl2NO2S/c8-6-2-1-5(10)3-7(6)11-14(12,13)4-9/h1-3,11H,4H2. The van der Waals surface area contributed by atoms with Gasteiger partial charge >= 0.3 is 0 Å². The number of anilines is 1. The van der Waals surface area contributed by atoms with Gasteiger partial charge in [-0.1, -0.05) is 11.6 Å². The highest BCUT2D eigenvalue weighted by Crippen LogP contribution is 2.26. The van der Waals surface area contributed by atoms with Crippen LogP contribution in [0.2, 0.25) is 5.02 Å². The predicted molar refractivity (Wildman–Crippen MR) is 62.4 cm³/mol. The second kappa shape index (κ2) is 4.70. The van der Waals surface area contributed by atoms with Gasteiger partial charge in [-0.3, -0.25) is 4.72 Å². The van der Waals surface area contributed by atoms with E-state index in [-0.39, 0.29) is 0 Å². The molecule has 1 rings (SSSR count). The van der Waals surface area contributed by atoms with Crippen molar-refractivity contribution in [3.63, 3.8) is 0 Å². The van der Waals surface area contributed by atoms with E-state index in [1.165, 1.54) is 6.07 Å². The number of rotatable bonds is 3. The van der Waals surface area contributed by atoms with E-state index < -0.39 is 15.2 Å². The van der Waals surface area contributed by atoms with Gasteiger partial charge in [0.15, 0.2) is 0 Å². The van der Waals surface area contributed by atoms with Gasteiger partial charge in [-0.15, -0.1) is 11.6 Å². The molecule has 0 aliphatic carbocycles. The average molecular weight is 319 g/mol. The van der Waals surface area contributed by atoms with Crippen molar-refractivity contribution in [2.24, 2.45) is 0 Å². The normalized spacial score (nSPS) is 11.4. The number of benzene rings is 1. The lowest BCUT2D eigenvalue weighted by molar-refractivity contribution is 0.605. The molecule has 0 aliphatic rings. The number of hydrogen-bond donors (Lipinski definition) is 1. The van der Waals surface area contributed by atoms with E-state index in [9.17, 15) is 8.42 Å². The molecule has 0 atom stereocenters. The van der Waals surface area contributed by atoms with Gasteiger partial charge in [0, 0.05) is 9.50 Å². The molecule has 0 saturated carbocycles. The summed E-state index contributed by atoms with van der Waals surface area (Å²) in [5.74, 6) is 0. The molecule has 14 heavy (non-hydrogen) atoms. The van der Waals surface area contributed by atoms with Gasteiger partial charge in [0.2, 0.25) is 10.0 Å². The molecule has 0 fully saturated rings. The second-order valence-electron chi connectivity index (χ2n) is 2.45. The van der Waals surface area contributed by atoms with Crippen molar-refractivity contribution < 1.29 is 8.42 Å². The van der Waals surface area contributed by atoms with Gasteiger partial charge in [-0.2, -0.15) is 0 Å². The van der Waals surface area contributed by atoms with Crippen LogP contribution in [0.3, 0.4) is 0 Å². The Hall–Kier alpha value is 0.0300. The Bertz CT molecular complexity index is 435. The van der Waals surface area contributed by atoms with Crippen LogP contribution in [0, 0.1) is 0 Å². The van der Waals surface area contributed by atoms with E-state index in [2.05, 4.69) is 20.7 Å². The third-order valence-electron chi connectivity index (χ3n) is 1.34. The molecule has 0 radical (unpaired) electrons. The minimum Gasteiger partial charge on any atom is -0.281 e. The summed E-state index contributed by atoms with van der Waals surface area (Å²) in [6.45, 7) is 0. The van der Waals surface area contributed by atoms with Crippen LogP contribution in [0.5, 0.6) is 0 Å². The van der Waals surface area contributed by atoms with Crippen molar-refractivity contribution in [2.75, 3.05) is 9.93 Å². The summed E-state index contributed by atoms with van der Waals surface area (Å²) in [6.07, 6.45) is 0. The predicted octanol–water partition coefficient (Wildman–Crippen LogP) is 3.04. The van der Waals surface area contributed by atoms with Crippen LogP contribution < -0.4 is 4.72 Å². The van der Waals surface area contributed by atoms with Gasteiger partial charge in [0.05, 0.1) is 5.69 Å². The molecule has 0 aromatic heterocycles. The van der Waals surface area contributed by atoms with Crippen LogP contribution in [-0.2, 0) is 10.0 Å². The molecular weight excluding hydrogens is 313 g/mol. The minimum atomic E-state index is -3.49. The first-order chi connectivity index (χ1) is 6.44. The monoisotopic (exact) mass is 317 g/mol. The molecule has 0 aliphatic heterocycles. The quantitative estimate of drug-likeness (QED) is 0.871. The fourth-order valence-electron chi connectivity index (χ4n) is 0.771. The van der Waals surface area contributed by atoms with E-state index in [1.807, 2.05) is 0 Å². The number of hydrogen-bond acceptors (Lipinski definition) is 2. The maximum absolute atomic E-state index is 11.1. The summed E-state index contributed by atoms with van der Waals surface area (Å²) in [7, 11) is -3.49. The third kappa shape index (κ3) is 3.31. The van der Waals surface area contributed by atoms with Crippen molar-refractivity contribution in [1.82, 2.24) is 0 Å². The number of nitrogens with one attached hydrogen (secondary N) is 1. The molecule has 0 heterocycles. The molecule has 78 valence electrons. The molecule has 1 aromatic carbocycles. The second-order valence-corrected chi connectivity index (χ2v) is 6.05. The van der Waals surface area contributed by atoms with Gasteiger partial charge in [0.25, 0.3) is 0 Å². The zero-order valence-corrected chi connectivity index (χ0v) is 10.7. The zero-order valence-electron chi connectivity index (χ0n) is 6.80. The minimum absolute atomic E-state index is 0.373. The Morgan fingerprint density at radius 1 is 1.43 bits per heavy atom. The Morgan fingerprint density at radius 2 is 2.07 bits per heavy atom. The number of halogens is 3. The topological polar surface area (TPSA) is 46.2 Å². The lowest BCUT2D eigenvalue weighted by Crippen LogP contribution is -2.13. The van der Waals surface area contributed by atoms with Crippen molar-refractivity contribution in [3.05, 3.63) is 27.7 Å². The van der Waals surface area contributed by atoms with Crippen molar-refractivity contribution in [2.45, 2.75) is 0 Å². The highest BCUT2D eigenvalue weighted by molar-refractivity contribution is 9.10. The van der Waals surface area contributed by atoms with Gasteiger partial charge in [-0.25, -0.2) is 8.42 Å². The SMILES string of the molecule is O=S(=O)(CCl)Nc1cc(Cl)ccc1Br. The fourth-order valence-corrected chi connectivity index (χ4v) is 2.14.